The zero-order valence-corrected chi connectivity index (χ0v) is 20.2. The van der Waals surface area contributed by atoms with Gasteiger partial charge in [-0.3, -0.25) is 4.79 Å². The van der Waals surface area contributed by atoms with E-state index in [-0.39, 0.29) is 23.8 Å². The predicted octanol–water partition coefficient (Wildman–Crippen LogP) is 3.96. The molecular weight excluding hydrogens is 442 g/mol. The van der Waals surface area contributed by atoms with E-state index in [1.165, 1.54) is 15.8 Å². The molecule has 6 nitrogen and oxygen atoms in total. The van der Waals surface area contributed by atoms with Crippen LogP contribution in [0, 0.1) is 13.8 Å². The third kappa shape index (κ3) is 5.30. The number of carbonyl (C=O) groups is 1. The van der Waals surface area contributed by atoms with Gasteiger partial charge in [0.25, 0.3) is 0 Å². The van der Waals surface area contributed by atoms with E-state index in [2.05, 4.69) is 30.9 Å². The number of sulfone groups is 1. The maximum Gasteiger partial charge on any atom is 0.222 e. The summed E-state index contributed by atoms with van der Waals surface area (Å²) in [6.45, 7) is 6.97. The maximum absolute atomic E-state index is 12.6. The third-order valence-corrected chi connectivity index (χ3v) is 8.84. The first-order valence-electron chi connectivity index (χ1n) is 11.0. The average molecular weight is 472 g/mol. The number of nitrogens with zero attached hydrogens (tertiary/aromatic N) is 3. The second-order valence-corrected chi connectivity index (χ2v) is 11.6. The predicted molar refractivity (Wildman–Crippen MR) is 131 cm³/mol. The van der Waals surface area contributed by atoms with Gasteiger partial charge in [0.1, 0.15) is 0 Å². The SMILES string of the molecule is Cc1ccc(C)c2sc(N3CCN(C(=O)CCCS(=O)(=O)Cc4ccccc4)CC3)nc12. The van der Waals surface area contributed by atoms with Crippen molar-refractivity contribution in [2.24, 2.45) is 0 Å². The Morgan fingerprint density at radius 1 is 1.00 bits per heavy atom. The second-order valence-electron chi connectivity index (χ2n) is 8.42. The van der Waals surface area contributed by atoms with E-state index in [1.54, 1.807) is 11.3 Å². The van der Waals surface area contributed by atoms with Gasteiger partial charge in [0, 0.05) is 32.6 Å². The van der Waals surface area contributed by atoms with E-state index < -0.39 is 9.84 Å². The number of aromatic nitrogens is 1. The smallest absolute Gasteiger partial charge is 0.222 e. The Kier molecular flexibility index (Phi) is 6.81. The molecule has 0 N–H and O–H groups in total. The molecule has 0 aliphatic carbocycles. The van der Waals surface area contributed by atoms with Gasteiger partial charge in [-0.05, 0) is 37.0 Å². The van der Waals surface area contributed by atoms with E-state index in [0.29, 0.717) is 19.5 Å². The summed E-state index contributed by atoms with van der Waals surface area (Å²) >= 11 is 1.72. The minimum absolute atomic E-state index is 0.0296. The van der Waals surface area contributed by atoms with Crippen LogP contribution in [-0.4, -0.2) is 56.1 Å². The summed E-state index contributed by atoms with van der Waals surface area (Å²) in [5.74, 6) is 0.107. The van der Waals surface area contributed by atoms with Gasteiger partial charge >= 0.3 is 0 Å². The molecule has 1 saturated heterocycles. The van der Waals surface area contributed by atoms with E-state index >= 15 is 0 Å². The van der Waals surface area contributed by atoms with Crippen molar-refractivity contribution in [3.05, 3.63) is 59.2 Å². The molecule has 1 aliphatic rings. The summed E-state index contributed by atoms with van der Waals surface area (Å²) in [6.07, 6.45) is 0.637. The van der Waals surface area contributed by atoms with Crippen LogP contribution in [0.4, 0.5) is 5.13 Å². The first kappa shape index (κ1) is 22.7. The lowest BCUT2D eigenvalue weighted by Crippen LogP contribution is -2.48. The number of hydrogen-bond donors (Lipinski definition) is 0. The van der Waals surface area contributed by atoms with Crippen LogP contribution in [-0.2, 0) is 20.4 Å². The molecule has 0 atom stereocenters. The lowest BCUT2D eigenvalue weighted by Gasteiger charge is -2.34. The molecule has 2 aromatic carbocycles. The van der Waals surface area contributed by atoms with Crippen LogP contribution < -0.4 is 4.90 Å². The summed E-state index contributed by atoms with van der Waals surface area (Å²) in [7, 11) is -3.21. The number of carbonyl (C=O) groups excluding carboxylic acids is 1. The molecule has 4 rings (SSSR count). The average Bonchev–Trinajstić information content (AvgIpc) is 3.24. The molecule has 3 aromatic rings. The first-order chi connectivity index (χ1) is 15.3. The summed E-state index contributed by atoms with van der Waals surface area (Å²) in [5, 5.41) is 1.01. The molecule has 0 spiro atoms. The van der Waals surface area contributed by atoms with E-state index in [1.807, 2.05) is 35.2 Å². The first-order valence-corrected chi connectivity index (χ1v) is 13.6. The topological polar surface area (TPSA) is 70.6 Å². The largest absolute Gasteiger partial charge is 0.345 e. The van der Waals surface area contributed by atoms with Crippen LogP contribution >= 0.6 is 11.3 Å². The van der Waals surface area contributed by atoms with Gasteiger partial charge in [0.2, 0.25) is 5.91 Å². The fourth-order valence-corrected chi connectivity index (χ4v) is 6.62. The molecule has 1 aromatic heterocycles. The molecule has 0 saturated carbocycles. The van der Waals surface area contributed by atoms with Crippen molar-refractivity contribution in [3.63, 3.8) is 0 Å². The summed E-state index contributed by atoms with van der Waals surface area (Å²) in [6, 6.07) is 13.4. The van der Waals surface area contributed by atoms with Gasteiger partial charge in [-0.25, -0.2) is 13.4 Å². The highest BCUT2D eigenvalue weighted by atomic mass is 32.2. The van der Waals surface area contributed by atoms with E-state index in [4.69, 9.17) is 4.98 Å². The van der Waals surface area contributed by atoms with Crippen LogP contribution in [0.3, 0.4) is 0 Å². The minimum atomic E-state index is -3.21. The summed E-state index contributed by atoms with van der Waals surface area (Å²) < 4.78 is 25.9. The van der Waals surface area contributed by atoms with Crippen molar-refractivity contribution in [1.82, 2.24) is 9.88 Å². The lowest BCUT2D eigenvalue weighted by atomic mass is 10.1. The van der Waals surface area contributed by atoms with Gasteiger partial charge in [-0.15, -0.1) is 0 Å². The zero-order valence-electron chi connectivity index (χ0n) is 18.6. The number of benzene rings is 2. The van der Waals surface area contributed by atoms with Crippen molar-refractivity contribution in [2.45, 2.75) is 32.4 Å². The Hall–Kier alpha value is -2.45. The van der Waals surface area contributed by atoms with Crippen LogP contribution in [0.1, 0.15) is 29.5 Å². The molecule has 1 amide bonds. The van der Waals surface area contributed by atoms with Crippen molar-refractivity contribution >= 4 is 42.4 Å². The highest BCUT2D eigenvalue weighted by Crippen LogP contribution is 2.33. The molecule has 2 heterocycles. The van der Waals surface area contributed by atoms with Crippen LogP contribution in [0.25, 0.3) is 10.2 Å². The Morgan fingerprint density at radius 2 is 1.69 bits per heavy atom. The normalized spacial score (nSPS) is 14.8. The molecule has 32 heavy (non-hydrogen) atoms. The Morgan fingerprint density at radius 3 is 2.38 bits per heavy atom. The van der Waals surface area contributed by atoms with Gasteiger partial charge in [-0.2, -0.15) is 0 Å². The van der Waals surface area contributed by atoms with Crippen molar-refractivity contribution in [1.29, 1.82) is 0 Å². The summed E-state index contributed by atoms with van der Waals surface area (Å²) in [5.41, 5.74) is 4.28. The maximum atomic E-state index is 12.6. The molecule has 1 fully saturated rings. The summed E-state index contributed by atoms with van der Waals surface area (Å²) in [4.78, 5) is 21.6. The van der Waals surface area contributed by atoms with Crippen LogP contribution in [0.2, 0.25) is 0 Å². The number of piperazine rings is 1. The van der Waals surface area contributed by atoms with Crippen LogP contribution in [0.5, 0.6) is 0 Å². The van der Waals surface area contributed by atoms with Crippen LogP contribution in [0.15, 0.2) is 42.5 Å². The molecule has 0 radical (unpaired) electrons. The number of rotatable bonds is 7. The second kappa shape index (κ2) is 9.58. The number of amides is 1. The minimum Gasteiger partial charge on any atom is -0.345 e. The Bertz CT molecular complexity index is 1160. The molecule has 1 aliphatic heterocycles. The van der Waals surface area contributed by atoms with Gasteiger partial charge in [0.15, 0.2) is 15.0 Å². The monoisotopic (exact) mass is 471 g/mol. The Balaban J connectivity index is 1.27. The number of anilines is 1. The van der Waals surface area contributed by atoms with Gasteiger partial charge in [-0.1, -0.05) is 53.8 Å². The number of hydrogen-bond acceptors (Lipinski definition) is 6. The molecular formula is C24H29N3O3S2. The standard InChI is InChI=1S/C24H29N3O3S2/c1-18-10-11-19(2)23-22(18)25-24(31-23)27-14-12-26(13-15-27)21(28)9-6-16-32(29,30)17-20-7-4-3-5-8-20/h3-5,7-8,10-11H,6,9,12-17H2,1-2H3. The molecule has 0 bridgehead atoms. The number of thiazole rings is 1. The quantitative estimate of drug-likeness (QED) is 0.522. The Labute approximate surface area is 193 Å². The number of aryl methyl sites for hydroxylation is 2. The highest BCUT2D eigenvalue weighted by Gasteiger charge is 2.24. The number of fused-ring (bicyclic) bond motifs is 1. The molecule has 8 heteroatoms. The van der Waals surface area contributed by atoms with E-state index in [0.717, 1.165) is 29.3 Å². The third-order valence-electron chi connectivity index (χ3n) is 5.91. The fourth-order valence-electron chi connectivity index (χ4n) is 4.03. The van der Waals surface area contributed by atoms with Gasteiger partial charge < -0.3 is 9.80 Å². The van der Waals surface area contributed by atoms with Crippen molar-refractivity contribution < 1.29 is 13.2 Å². The molecule has 170 valence electrons. The lowest BCUT2D eigenvalue weighted by molar-refractivity contribution is -0.131. The van der Waals surface area contributed by atoms with Crippen molar-refractivity contribution in [2.75, 3.05) is 36.8 Å². The zero-order chi connectivity index (χ0) is 22.7. The molecule has 0 unspecified atom stereocenters. The van der Waals surface area contributed by atoms with E-state index in [9.17, 15) is 13.2 Å². The highest BCUT2D eigenvalue weighted by molar-refractivity contribution is 7.90. The van der Waals surface area contributed by atoms with Crippen molar-refractivity contribution in [3.8, 4) is 0 Å². The fraction of sp³-hybridized carbons (Fsp3) is 0.417. The van der Waals surface area contributed by atoms with Gasteiger partial charge in [0.05, 0.1) is 21.7 Å².